The summed E-state index contributed by atoms with van der Waals surface area (Å²) in [5, 5.41) is 13.6. The Balaban J connectivity index is 1.75. The standard InChI is InChI=1S/C29H30F3NO2/c1-18(2)14-26(28(34)35)22-15-21(19-10-12-23(13-11-19)29(30,31)32)16-24(17-22)33-27-9-5-7-20-6-3-4-8-25(20)27/h3-4,6,8,10-13,15-18,26-27,33H,5,7,9,14H2,1-2H3,(H,34,35). The molecule has 0 aliphatic heterocycles. The fourth-order valence-corrected chi connectivity index (χ4v) is 4.91. The Bertz CT molecular complexity index is 1190. The molecule has 0 spiro atoms. The predicted molar refractivity (Wildman–Crippen MR) is 132 cm³/mol. The lowest BCUT2D eigenvalue weighted by atomic mass is 9.86. The lowest BCUT2D eigenvalue weighted by Gasteiger charge is -2.28. The van der Waals surface area contributed by atoms with Gasteiger partial charge < -0.3 is 10.4 Å². The zero-order valence-corrected chi connectivity index (χ0v) is 19.9. The van der Waals surface area contributed by atoms with Crippen LogP contribution in [0.15, 0.2) is 66.7 Å². The highest BCUT2D eigenvalue weighted by molar-refractivity contribution is 5.79. The topological polar surface area (TPSA) is 49.3 Å². The number of fused-ring (bicyclic) bond motifs is 1. The molecule has 0 fully saturated rings. The van der Waals surface area contributed by atoms with Gasteiger partial charge in [0.05, 0.1) is 17.5 Å². The smallest absolute Gasteiger partial charge is 0.416 e. The van der Waals surface area contributed by atoms with Crippen molar-refractivity contribution in [3.05, 3.63) is 89.0 Å². The number of aryl methyl sites for hydroxylation is 1. The molecule has 3 aromatic rings. The van der Waals surface area contributed by atoms with Crippen LogP contribution < -0.4 is 5.32 Å². The number of carbonyl (C=O) groups is 1. The van der Waals surface area contributed by atoms with Gasteiger partial charge in [-0.1, -0.05) is 56.3 Å². The number of nitrogens with one attached hydrogen (secondary N) is 1. The minimum Gasteiger partial charge on any atom is -0.481 e. The normalized spacial score (nSPS) is 16.6. The van der Waals surface area contributed by atoms with E-state index in [4.69, 9.17) is 0 Å². The van der Waals surface area contributed by atoms with Crippen LogP contribution in [0, 0.1) is 5.92 Å². The lowest BCUT2D eigenvalue weighted by molar-refractivity contribution is -0.139. The highest BCUT2D eigenvalue weighted by atomic mass is 19.4. The highest BCUT2D eigenvalue weighted by Crippen LogP contribution is 2.37. The summed E-state index contributed by atoms with van der Waals surface area (Å²) in [6.45, 7) is 3.96. The molecule has 2 unspecified atom stereocenters. The van der Waals surface area contributed by atoms with Crippen molar-refractivity contribution in [1.82, 2.24) is 0 Å². The number of hydrogen-bond acceptors (Lipinski definition) is 2. The average Bonchev–Trinajstić information content (AvgIpc) is 2.82. The third-order valence-corrected chi connectivity index (χ3v) is 6.62. The van der Waals surface area contributed by atoms with E-state index < -0.39 is 23.6 Å². The number of carboxylic acid groups (broad SMARTS) is 1. The first-order chi connectivity index (χ1) is 16.6. The van der Waals surface area contributed by atoms with Crippen LogP contribution in [0.5, 0.6) is 0 Å². The minimum absolute atomic E-state index is 0.0871. The van der Waals surface area contributed by atoms with Crippen molar-refractivity contribution in [2.24, 2.45) is 5.92 Å². The summed E-state index contributed by atoms with van der Waals surface area (Å²) in [6, 6.07) is 19.0. The Labute approximate surface area is 204 Å². The maximum atomic E-state index is 13.1. The first-order valence-corrected chi connectivity index (χ1v) is 12.0. The number of aliphatic carboxylic acids is 1. The van der Waals surface area contributed by atoms with E-state index in [-0.39, 0.29) is 12.0 Å². The maximum absolute atomic E-state index is 13.1. The molecule has 35 heavy (non-hydrogen) atoms. The molecule has 0 saturated carbocycles. The van der Waals surface area contributed by atoms with Crippen molar-refractivity contribution in [3.63, 3.8) is 0 Å². The zero-order chi connectivity index (χ0) is 25.2. The summed E-state index contributed by atoms with van der Waals surface area (Å²) in [4.78, 5) is 12.2. The molecule has 1 aliphatic carbocycles. The third kappa shape index (κ3) is 5.87. The Morgan fingerprint density at radius 1 is 1.03 bits per heavy atom. The second kappa shape index (κ2) is 10.1. The Morgan fingerprint density at radius 3 is 2.40 bits per heavy atom. The van der Waals surface area contributed by atoms with Gasteiger partial charge in [-0.05, 0) is 83.7 Å². The molecular weight excluding hydrogens is 451 g/mol. The molecular formula is C29H30F3NO2. The monoisotopic (exact) mass is 481 g/mol. The fraction of sp³-hybridized carbons (Fsp3) is 0.345. The first-order valence-electron chi connectivity index (χ1n) is 12.0. The van der Waals surface area contributed by atoms with Crippen LogP contribution in [0.25, 0.3) is 11.1 Å². The van der Waals surface area contributed by atoms with E-state index in [9.17, 15) is 23.1 Å². The molecule has 0 radical (unpaired) electrons. The van der Waals surface area contributed by atoms with Crippen molar-refractivity contribution in [3.8, 4) is 11.1 Å². The predicted octanol–water partition coefficient (Wildman–Crippen LogP) is 8.08. The Kier molecular flexibility index (Phi) is 7.20. The molecule has 2 N–H and O–H groups in total. The van der Waals surface area contributed by atoms with Gasteiger partial charge in [0.15, 0.2) is 0 Å². The molecule has 0 bridgehead atoms. The molecule has 2 atom stereocenters. The molecule has 0 aromatic heterocycles. The second-order valence-electron chi connectivity index (χ2n) is 9.73. The van der Waals surface area contributed by atoms with Gasteiger partial charge in [0, 0.05) is 5.69 Å². The van der Waals surface area contributed by atoms with Gasteiger partial charge in [-0.15, -0.1) is 0 Å². The van der Waals surface area contributed by atoms with Crippen LogP contribution in [-0.2, 0) is 17.4 Å². The van der Waals surface area contributed by atoms with Gasteiger partial charge in [0.25, 0.3) is 0 Å². The zero-order valence-electron chi connectivity index (χ0n) is 19.9. The SMILES string of the molecule is CC(C)CC(C(=O)O)c1cc(NC2CCCc3ccccc32)cc(-c2ccc(C(F)(F)F)cc2)c1. The van der Waals surface area contributed by atoms with Crippen molar-refractivity contribution in [1.29, 1.82) is 0 Å². The molecule has 0 amide bonds. The van der Waals surface area contributed by atoms with Gasteiger partial charge in [0.1, 0.15) is 0 Å². The molecule has 0 heterocycles. The van der Waals surface area contributed by atoms with Crippen molar-refractivity contribution < 1.29 is 23.1 Å². The van der Waals surface area contributed by atoms with E-state index in [0.29, 0.717) is 23.1 Å². The van der Waals surface area contributed by atoms with E-state index in [1.807, 2.05) is 38.1 Å². The summed E-state index contributed by atoms with van der Waals surface area (Å²) in [6.07, 6.45) is -0.915. The average molecular weight is 482 g/mol. The van der Waals surface area contributed by atoms with E-state index in [1.54, 1.807) is 6.07 Å². The van der Waals surface area contributed by atoms with Crippen LogP contribution in [0.3, 0.4) is 0 Å². The molecule has 3 nitrogen and oxygen atoms in total. The van der Waals surface area contributed by atoms with Crippen LogP contribution >= 0.6 is 0 Å². The fourth-order valence-electron chi connectivity index (χ4n) is 4.91. The molecule has 3 aromatic carbocycles. The number of halogens is 3. The van der Waals surface area contributed by atoms with E-state index in [0.717, 1.165) is 37.1 Å². The van der Waals surface area contributed by atoms with Crippen LogP contribution in [0.2, 0.25) is 0 Å². The first kappa shape index (κ1) is 24.8. The summed E-state index contributed by atoms with van der Waals surface area (Å²) < 4.78 is 39.2. The Morgan fingerprint density at radius 2 is 1.74 bits per heavy atom. The molecule has 4 rings (SSSR count). The van der Waals surface area contributed by atoms with E-state index in [1.165, 1.54) is 23.3 Å². The van der Waals surface area contributed by atoms with Gasteiger partial charge in [-0.2, -0.15) is 13.2 Å². The number of alkyl halides is 3. The second-order valence-corrected chi connectivity index (χ2v) is 9.73. The molecule has 1 aliphatic rings. The summed E-state index contributed by atoms with van der Waals surface area (Å²) in [5.74, 6) is -1.44. The van der Waals surface area contributed by atoms with E-state index >= 15 is 0 Å². The van der Waals surface area contributed by atoms with Crippen LogP contribution in [0.1, 0.15) is 67.3 Å². The van der Waals surface area contributed by atoms with Crippen LogP contribution in [-0.4, -0.2) is 11.1 Å². The van der Waals surface area contributed by atoms with Crippen molar-refractivity contribution >= 4 is 11.7 Å². The number of carboxylic acids is 1. The largest absolute Gasteiger partial charge is 0.481 e. The molecule has 184 valence electrons. The lowest BCUT2D eigenvalue weighted by Crippen LogP contribution is -2.18. The summed E-state index contributed by atoms with van der Waals surface area (Å²) >= 11 is 0. The van der Waals surface area contributed by atoms with Gasteiger partial charge in [-0.3, -0.25) is 4.79 Å². The van der Waals surface area contributed by atoms with Crippen molar-refractivity contribution in [2.75, 3.05) is 5.32 Å². The summed E-state index contributed by atoms with van der Waals surface area (Å²) in [7, 11) is 0. The number of hydrogen-bond donors (Lipinski definition) is 2. The quantitative estimate of drug-likeness (QED) is 0.359. The minimum atomic E-state index is -4.41. The van der Waals surface area contributed by atoms with E-state index in [2.05, 4.69) is 17.4 Å². The number of benzene rings is 3. The molecule has 0 saturated heterocycles. The Hall–Kier alpha value is -3.28. The van der Waals surface area contributed by atoms with Crippen LogP contribution in [0.4, 0.5) is 18.9 Å². The maximum Gasteiger partial charge on any atom is 0.416 e. The number of rotatable bonds is 7. The summed E-state index contributed by atoms with van der Waals surface area (Å²) in [5.41, 5.74) is 4.55. The molecule has 6 heteroatoms. The highest BCUT2D eigenvalue weighted by Gasteiger charge is 2.30. The van der Waals surface area contributed by atoms with Gasteiger partial charge >= 0.3 is 12.1 Å². The number of anilines is 1. The van der Waals surface area contributed by atoms with Crippen molar-refractivity contribution in [2.45, 2.75) is 57.7 Å². The van der Waals surface area contributed by atoms with Gasteiger partial charge in [0.2, 0.25) is 0 Å². The van der Waals surface area contributed by atoms with Gasteiger partial charge in [-0.25, -0.2) is 0 Å². The third-order valence-electron chi connectivity index (χ3n) is 6.62.